The van der Waals surface area contributed by atoms with Crippen LogP contribution in [0.4, 0.5) is 0 Å². The average Bonchev–Trinajstić information content (AvgIpc) is 3.66. The van der Waals surface area contributed by atoms with Gasteiger partial charge in [0.2, 0.25) is 5.91 Å². The van der Waals surface area contributed by atoms with Gasteiger partial charge in [-0.1, -0.05) is 30.0 Å². The molecule has 2 aliphatic rings. The molecule has 2 heterocycles. The number of thioether (sulfide) groups is 1. The molecule has 3 aromatic rings. The first-order chi connectivity index (χ1) is 14.1. The van der Waals surface area contributed by atoms with Crippen LogP contribution in [0.2, 0.25) is 0 Å². The molecule has 0 saturated heterocycles. The fourth-order valence-electron chi connectivity index (χ4n) is 3.82. The standard InChI is InChI=1S/C21H22N6OS/c1-21(12-22,13-6-7-13)24-18(28)11-29-20-26-25-19(27(20)14-8-9-14)16-10-23-17-5-3-2-4-15(16)17/h2-5,10,13-14,23H,6-9,11H2,1H3,(H,24,28)/t21-/m0/s1. The molecule has 0 aliphatic heterocycles. The Bertz CT molecular complexity index is 1120. The van der Waals surface area contributed by atoms with Crippen LogP contribution in [0.5, 0.6) is 0 Å². The zero-order chi connectivity index (χ0) is 20.0. The lowest BCUT2D eigenvalue weighted by molar-refractivity contribution is -0.119. The normalized spacial score (nSPS) is 18.3. The Morgan fingerprint density at radius 1 is 1.34 bits per heavy atom. The number of hydrogen-bond acceptors (Lipinski definition) is 5. The summed E-state index contributed by atoms with van der Waals surface area (Å²) in [6.07, 6.45) is 6.17. The topological polar surface area (TPSA) is 99.4 Å². The maximum absolute atomic E-state index is 12.5. The molecule has 0 spiro atoms. The molecule has 0 bridgehead atoms. The Balaban J connectivity index is 1.36. The summed E-state index contributed by atoms with van der Waals surface area (Å²) in [7, 11) is 0. The SMILES string of the molecule is C[C@@](C#N)(NC(=O)CSc1nnc(-c2c[nH]c3ccccc23)n1C1CC1)C1CC1. The summed E-state index contributed by atoms with van der Waals surface area (Å²) in [5, 5.41) is 23.1. The van der Waals surface area contributed by atoms with E-state index in [9.17, 15) is 10.1 Å². The summed E-state index contributed by atoms with van der Waals surface area (Å²) in [5.74, 6) is 1.20. The van der Waals surface area contributed by atoms with Gasteiger partial charge in [-0.15, -0.1) is 10.2 Å². The van der Waals surface area contributed by atoms with E-state index in [-0.39, 0.29) is 17.6 Å². The van der Waals surface area contributed by atoms with Crippen molar-refractivity contribution >= 4 is 28.6 Å². The summed E-state index contributed by atoms with van der Waals surface area (Å²) in [5.41, 5.74) is 1.33. The third kappa shape index (κ3) is 3.40. The molecule has 8 heteroatoms. The first kappa shape index (κ1) is 18.3. The van der Waals surface area contributed by atoms with Gasteiger partial charge < -0.3 is 10.3 Å². The fourth-order valence-corrected chi connectivity index (χ4v) is 4.62. The Hall–Kier alpha value is -2.79. The number of para-hydroxylation sites is 1. The summed E-state index contributed by atoms with van der Waals surface area (Å²) in [6.45, 7) is 1.81. The number of H-pyrrole nitrogens is 1. The Morgan fingerprint density at radius 3 is 2.86 bits per heavy atom. The molecule has 2 N–H and O–H groups in total. The summed E-state index contributed by atoms with van der Waals surface area (Å²) >= 11 is 1.39. The van der Waals surface area contributed by atoms with E-state index >= 15 is 0 Å². The second-order valence-corrected chi connectivity index (χ2v) is 9.02. The van der Waals surface area contributed by atoms with Gasteiger partial charge in [0.25, 0.3) is 0 Å². The number of hydrogen-bond donors (Lipinski definition) is 2. The third-order valence-corrected chi connectivity index (χ3v) is 6.71. The van der Waals surface area contributed by atoms with Crippen LogP contribution in [0, 0.1) is 17.2 Å². The first-order valence-electron chi connectivity index (χ1n) is 9.95. The van der Waals surface area contributed by atoms with Gasteiger partial charge >= 0.3 is 0 Å². The Labute approximate surface area is 172 Å². The minimum absolute atomic E-state index is 0.134. The number of carbonyl (C=O) groups is 1. The van der Waals surface area contributed by atoms with Crippen molar-refractivity contribution in [2.75, 3.05) is 5.75 Å². The van der Waals surface area contributed by atoms with Crippen molar-refractivity contribution in [2.24, 2.45) is 5.92 Å². The average molecular weight is 407 g/mol. The number of amides is 1. The number of fused-ring (bicyclic) bond motifs is 1. The molecular weight excluding hydrogens is 384 g/mol. The van der Waals surface area contributed by atoms with Gasteiger partial charge in [0, 0.05) is 28.7 Å². The maximum atomic E-state index is 12.5. The van der Waals surface area contributed by atoms with Crippen LogP contribution in [0.1, 0.15) is 38.6 Å². The highest BCUT2D eigenvalue weighted by Gasteiger charge is 2.43. The van der Waals surface area contributed by atoms with Gasteiger partial charge in [0.15, 0.2) is 11.0 Å². The summed E-state index contributed by atoms with van der Waals surface area (Å²) in [6, 6.07) is 10.8. The highest BCUT2D eigenvalue weighted by molar-refractivity contribution is 7.99. The highest BCUT2D eigenvalue weighted by atomic mass is 32.2. The molecule has 29 heavy (non-hydrogen) atoms. The van der Waals surface area contributed by atoms with Crippen LogP contribution in [-0.2, 0) is 4.79 Å². The molecule has 0 radical (unpaired) electrons. The minimum Gasteiger partial charge on any atom is -0.360 e. The molecule has 7 nitrogen and oxygen atoms in total. The molecular formula is C21H22N6OS. The molecule has 1 amide bonds. The first-order valence-corrected chi connectivity index (χ1v) is 10.9. The molecule has 1 aromatic carbocycles. The molecule has 2 fully saturated rings. The maximum Gasteiger partial charge on any atom is 0.231 e. The van der Waals surface area contributed by atoms with E-state index in [1.54, 1.807) is 0 Å². The second-order valence-electron chi connectivity index (χ2n) is 8.08. The largest absolute Gasteiger partial charge is 0.360 e. The number of carbonyl (C=O) groups excluding carboxylic acids is 1. The van der Waals surface area contributed by atoms with Crippen molar-refractivity contribution in [3.05, 3.63) is 30.5 Å². The van der Waals surface area contributed by atoms with Crippen molar-refractivity contribution in [1.82, 2.24) is 25.1 Å². The van der Waals surface area contributed by atoms with Crippen molar-refractivity contribution in [3.8, 4) is 17.5 Å². The van der Waals surface area contributed by atoms with Gasteiger partial charge in [0.1, 0.15) is 5.54 Å². The van der Waals surface area contributed by atoms with E-state index in [1.165, 1.54) is 11.8 Å². The molecule has 5 rings (SSSR count). The van der Waals surface area contributed by atoms with Gasteiger partial charge in [-0.05, 0) is 44.6 Å². The molecule has 1 atom stereocenters. The van der Waals surface area contributed by atoms with Gasteiger partial charge in [-0.2, -0.15) is 5.26 Å². The van der Waals surface area contributed by atoms with Crippen LogP contribution in [0.3, 0.4) is 0 Å². The quantitative estimate of drug-likeness (QED) is 0.583. The number of nitrogens with one attached hydrogen (secondary N) is 2. The van der Waals surface area contributed by atoms with E-state index < -0.39 is 5.54 Å². The number of nitrogens with zero attached hydrogens (tertiary/aromatic N) is 4. The summed E-state index contributed by atoms with van der Waals surface area (Å²) in [4.78, 5) is 15.8. The highest BCUT2D eigenvalue weighted by Crippen LogP contribution is 2.42. The molecule has 2 aromatic heterocycles. The van der Waals surface area contributed by atoms with Crippen molar-refractivity contribution < 1.29 is 4.79 Å². The lowest BCUT2D eigenvalue weighted by atomic mass is 9.98. The number of benzene rings is 1. The van der Waals surface area contributed by atoms with E-state index in [1.807, 2.05) is 31.3 Å². The van der Waals surface area contributed by atoms with Gasteiger partial charge in [0.05, 0.1) is 11.8 Å². The van der Waals surface area contributed by atoms with Crippen LogP contribution in [0.25, 0.3) is 22.3 Å². The smallest absolute Gasteiger partial charge is 0.231 e. The van der Waals surface area contributed by atoms with Crippen LogP contribution in [-0.4, -0.2) is 36.9 Å². The Morgan fingerprint density at radius 2 is 2.14 bits per heavy atom. The molecule has 0 unspecified atom stereocenters. The third-order valence-electron chi connectivity index (χ3n) is 5.76. The van der Waals surface area contributed by atoms with E-state index in [2.05, 4.69) is 37.2 Å². The lowest BCUT2D eigenvalue weighted by Gasteiger charge is -2.22. The lowest BCUT2D eigenvalue weighted by Crippen LogP contribution is -2.47. The van der Waals surface area contributed by atoms with Crippen LogP contribution >= 0.6 is 11.8 Å². The minimum atomic E-state index is -0.767. The molecule has 2 aliphatic carbocycles. The second kappa shape index (κ2) is 6.92. The van der Waals surface area contributed by atoms with Gasteiger partial charge in [-0.25, -0.2) is 0 Å². The van der Waals surface area contributed by atoms with E-state index in [4.69, 9.17) is 0 Å². The number of nitriles is 1. The monoisotopic (exact) mass is 406 g/mol. The van der Waals surface area contributed by atoms with Crippen LogP contribution < -0.4 is 5.32 Å². The predicted molar refractivity (Wildman–Crippen MR) is 111 cm³/mol. The fraction of sp³-hybridized carbons (Fsp3) is 0.429. The Kier molecular flexibility index (Phi) is 4.36. The number of rotatable bonds is 7. The molecule has 148 valence electrons. The van der Waals surface area contributed by atoms with E-state index in [0.717, 1.165) is 53.1 Å². The van der Waals surface area contributed by atoms with Gasteiger partial charge in [-0.3, -0.25) is 9.36 Å². The van der Waals surface area contributed by atoms with Crippen LogP contribution in [0.15, 0.2) is 35.6 Å². The van der Waals surface area contributed by atoms with Crippen molar-refractivity contribution in [2.45, 2.75) is 49.3 Å². The van der Waals surface area contributed by atoms with Crippen molar-refractivity contribution in [1.29, 1.82) is 5.26 Å². The summed E-state index contributed by atoms with van der Waals surface area (Å²) < 4.78 is 2.16. The number of aromatic nitrogens is 4. The molecule has 2 saturated carbocycles. The zero-order valence-corrected chi connectivity index (χ0v) is 17.0. The predicted octanol–water partition coefficient (Wildman–Crippen LogP) is 3.66. The van der Waals surface area contributed by atoms with E-state index in [0.29, 0.717) is 6.04 Å². The van der Waals surface area contributed by atoms with Crippen molar-refractivity contribution in [3.63, 3.8) is 0 Å². The zero-order valence-electron chi connectivity index (χ0n) is 16.2. The number of aromatic amines is 1.